The van der Waals surface area contributed by atoms with Gasteiger partial charge in [0.1, 0.15) is 22.1 Å². The van der Waals surface area contributed by atoms with Crippen molar-refractivity contribution in [3.8, 4) is 11.5 Å². The molecule has 3 N–H and O–H groups in total. The van der Waals surface area contributed by atoms with Crippen molar-refractivity contribution in [1.29, 1.82) is 0 Å². The summed E-state index contributed by atoms with van der Waals surface area (Å²) >= 11 is 0. The average Bonchev–Trinajstić information content (AvgIpc) is 2.86. The van der Waals surface area contributed by atoms with E-state index in [-0.39, 0.29) is 39.8 Å². The molecular formula is C23H29N3O13S3. The lowest BCUT2D eigenvalue weighted by molar-refractivity contribution is -0.126. The van der Waals surface area contributed by atoms with Crippen molar-refractivity contribution < 1.29 is 57.6 Å². The van der Waals surface area contributed by atoms with Crippen molar-refractivity contribution in [2.45, 2.75) is 43.0 Å². The number of ether oxygens (including phenoxy) is 2. The van der Waals surface area contributed by atoms with Crippen LogP contribution < -0.4 is 14.8 Å². The lowest BCUT2D eigenvalue weighted by Crippen LogP contribution is -2.32. The number of aryl methyl sites for hydroxylation is 2. The summed E-state index contributed by atoms with van der Waals surface area (Å²) < 4.78 is 103. The second-order valence-corrected chi connectivity index (χ2v) is 13.1. The topological polar surface area (TPSA) is 241 Å². The first-order valence-electron chi connectivity index (χ1n) is 11.8. The Morgan fingerprint density at radius 2 is 1.57 bits per heavy atom. The molecule has 0 fully saturated rings. The second-order valence-electron chi connectivity index (χ2n) is 8.56. The van der Waals surface area contributed by atoms with Crippen LogP contribution in [0.15, 0.2) is 44.3 Å². The maximum atomic E-state index is 13.0. The molecule has 0 saturated heterocycles. The first-order valence-corrected chi connectivity index (χ1v) is 16.2. The fourth-order valence-corrected chi connectivity index (χ4v) is 6.00. The van der Waals surface area contributed by atoms with Crippen LogP contribution in [0.2, 0.25) is 0 Å². The number of amides is 1. The van der Waals surface area contributed by atoms with Crippen LogP contribution in [0.25, 0.3) is 0 Å². The van der Waals surface area contributed by atoms with Crippen molar-refractivity contribution in [3.05, 3.63) is 35.4 Å². The molecule has 42 heavy (non-hydrogen) atoms. The smallest absolute Gasteiger partial charge is 0.397 e. The molecule has 0 radical (unpaired) electrons. The third-order valence-corrected chi connectivity index (χ3v) is 8.77. The van der Waals surface area contributed by atoms with Gasteiger partial charge in [0.15, 0.2) is 15.6 Å². The third kappa shape index (κ3) is 9.00. The van der Waals surface area contributed by atoms with E-state index >= 15 is 0 Å². The summed E-state index contributed by atoms with van der Waals surface area (Å²) in [6.45, 7) is 3.28. The number of hydrogen-bond acceptors (Lipinski definition) is 13. The molecule has 2 aromatic rings. The van der Waals surface area contributed by atoms with Crippen LogP contribution in [0.3, 0.4) is 0 Å². The van der Waals surface area contributed by atoms with Crippen molar-refractivity contribution in [2.75, 3.05) is 31.9 Å². The molecule has 19 heteroatoms. The molecule has 0 aliphatic rings. The van der Waals surface area contributed by atoms with Gasteiger partial charge in [0.05, 0.1) is 31.5 Å². The SMILES string of the molecule is CCc1cc(S(=O)(=O)O)c(C)cc1NC(=O)C(/N=N/c1cc(OC)c(S(=O)(=O)CCOS(=O)(=O)O)cc1OC)C(C)=O. The highest BCUT2D eigenvalue weighted by Crippen LogP contribution is 2.38. The molecular weight excluding hydrogens is 622 g/mol. The summed E-state index contributed by atoms with van der Waals surface area (Å²) in [5, 5.41) is 10.2. The fourth-order valence-electron chi connectivity index (χ4n) is 3.59. The zero-order valence-electron chi connectivity index (χ0n) is 23.0. The van der Waals surface area contributed by atoms with Crippen molar-refractivity contribution in [1.82, 2.24) is 0 Å². The largest absolute Gasteiger partial charge is 0.495 e. The van der Waals surface area contributed by atoms with E-state index in [1.54, 1.807) is 6.92 Å². The first kappa shape index (κ1) is 34.7. The predicted octanol–water partition coefficient (Wildman–Crippen LogP) is 2.09. The maximum Gasteiger partial charge on any atom is 0.397 e. The van der Waals surface area contributed by atoms with Crippen LogP contribution >= 0.6 is 0 Å². The Morgan fingerprint density at radius 3 is 2.07 bits per heavy atom. The van der Waals surface area contributed by atoms with E-state index in [1.807, 2.05) is 0 Å². The Labute approximate surface area is 242 Å². The zero-order chi connectivity index (χ0) is 32.0. The highest BCUT2D eigenvalue weighted by atomic mass is 32.3. The van der Waals surface area contributed by atoms with Gasteiger partial charge in [0, 0.05) is 17.8 Å². The molecule has 0 aliphatic heterocycles. The van der Waals surface area contributed by atoms with Gasteiger partial charge < -0.3 is 14.8 Å². The number of hydrogen-bond donors (Lipinski definition) is 3. The van der Waals surface area contributed by atoms with Gasteiger partial charge in [-0.05, 0) is 43.5 Å². The van der Waals surface area contributed by atoms with Crippen LogP contribution in [0.1, 0.15) is 25.0 Å². The van der Waals surface area contributed by atoms with E-state index in [4.69, 9.17) is 14.0 Å². The van der Waals surface area contributed by atoms with Crippen LogP contribution in [0, 0.1) is 6.92 Å². The van der Waals surface area contributed by atoms with Gasteiger partial charge in [-0.25, -0.2) is 12.6 Å². The number of carbonyl (C=O) groups is 2. The molecule has 0 saturated carbocycles. The summed E-state index contributed by atoms with van der Waals surface area (Å²) in [4.78, 5) is 24.5. The Kier molecular flexibility index (Phi) is 11.3. The molecule has 2 rings (SSSR count). The molecule has 1 amide bonds. The molecule has 1 atom stereocenters. The van der Waals surface area contributed by atoms with E-state index in [9.17, 15) is 39.4 Å². The summed E-state index contributed by atoms with van der Waals surface area (Å²) in [6, 6.07) is 2.94. The van der Waals surface area contributed by atoms with Gasteiger partial charge in [0.25, 0.3) is 16.0 Å². The van der Waals surface area contributed by atoms with Crippen LogP contribution in [0.4, 0.5) is 11.4 Å². The summed E-state index contributed by atoms with van der Waals surface area (Å²) in [5.74, 6) is -2.92. The highest BCUT2D eigenvalue weighted by molar-refractivity contribution is 7.91. The molecule has 0 spiro atoms. The van der Waals surface area contributed by atoms with Crippen LogP contribution in [-0.4, -0.2) is 78.7 Å². The van der Waals surface area contributed by atoms with E-state index in [0.717, 1.165) is 26.2 Å². The molecule has 2 aromatic carbocycles. The fraction of sp³-hybridized carbons (Fsp3) is 0.391. The molecule has 0 bridgehead atoms. The van der Waals surface area contributed by atoms with Gasteiger partial charge in [-0.3, -0.25) is 18.7 Å². The van der Waals surface area contributed by atoms with Crippen LogP contribution in [-0.2, 0) is 50.5 Å². The highest BCUT2D eigenvalue weighted by Gasteiger charge is 2.27. The Hall–Kier alpha value is -3.49. The number of nitrogens with one attached hydrogen (secondary N) is 1. The van der Waals surface area contributed by atoms with Gasteiger partial charge in [-0.1, -0.05) is 6.92 Å². The number of benzene rings is 2. The molecule has 0 heterocycles. The van der Waals surface area contributed by atoms with Crippen molar-refractivity contribution in [3.63, 3.8) is 0 Å². The van der Waals surface area contributed by atoms with E-state index in [1.165, 1.54) is 26.2 Å². The Morgan fingerprint density at radius 1 is 0.952 bits per heavy atom. The van der Waals surface area contributed by atoms with Gasteiger partial charge in [0.2, 0.25) is 6.04 Å². The number of rotatable bonds is 14. The van der Waals surface area contributed by atoms with Crippen LogP contribution in [0.5, 0.6) is 11.5 Å². The van der Waals surface area contributed by atoms with Crippen molar-refractivity contribution in [2.24, 2.45) is 10.2 Å². The molecule has 16 nitrogen and oxygen atoms in total. The van der Waals surface area contributed by atoms with E-state index in [2.05, 4.69) is 19.7 Å². The lowest BCUT2D eigenvalue weighted by Gasteiger charge is -2.15. The average molecular weight is 652 g/mol. The maximum absolute atomic E-state index is 13.0. The Balaban J connectivity index is 2.44. The number of carbonyl (C=O) groups excluding carboxylic acids is 2. The molecule has 1 unspecified atom stereocenters. The number of anilines is 1. The van der Waals surface area contributed by atoms with E-state index in [0.29, 0.717) is 5.56 Å². The Bertz CT molecular complexity index is 1720. The molecule has 0 aromatic heterocycles. The monoisotopic (exact) mass is 651 g/mol. The minimum atomic E-state index is -4.87. The quantitative estimate of drug-likeness (QED) is 0.151. The first-order chi connectivity index (χ1) is 19.3. The normalized spacial score (nSPS) is 13.1. The third-order valence-electron chi connectivity index (χ3n) is 5.62. The summed E-state index contributed by atoms with van der Waals surface area (Å²) in [5.41, 5.74) is 0.540. The molecule has 232 valence electrons. The van der Waals surface area contributed by atoms with Gasteiger partial charge in [-0.15, -0.1) is 0 Å². The minimum Gasteiger partial charge on any atom is -0.495 e. The molecule has 0 aliphatic carbocycles. The number of nitrogens with zero attached hydrogens (tertiary/aromatic N) is 2. The number of ketones is 1. The summed E-state index contributed by atoms with van der Waals surface area (Å²) in [6.07, 6.45) is 0.263. The zero-order valence-corrected chi connectivity index (χ0v) is 25.5. The number of methoxy groups -OCH3 is 2. The minimum absolute atomic E-state index is 0.135. The van der Waals surface area contributed by atoms with Gasteiger partial charge >= 0.3 is 10.4 Å². The lowest BCUT2D eigenvalue weighted by atomic mass is 10.1. The summed E-state index contributed by atoms with van der Waals surface area (Å²) in [7, 11) is -11.3. The number of Topliss-reactive ketones (excluding diaryl/α,β-unsaturated/α-hetero) is 1. The second kappa shape index (κ2) is 13.7. The number of sulfone groups is 1. The predicted molar refractivity (Wildman–Crippen MR) is 147 cm³/mol. The number of azo groups is 1. The van der Waals surface area contributed by atoms with Crippen molar-refractivity contribution >= 4 is 53.4 Å². The standard InChI is InChI=1S/C23H29N3O13S3/c1-6-15-10-20(41(31,32)33)13(2)9-16(15)24-23(28)22(14(3)27)26-25-17-11-19(38-5)21(12-18(17)37-4)40(29,30)8-7-39-42(34,35)36/h9-12,22H,6-8H2,1-5H3,(H,24,28)(H,31,32,33)(H,34,35,36)/b26-25+. The van der Waals surface area contributed by atoms with E-state index < -0.39 is 65.3 Å². The van der Waals surface area contributed by atoms with Gasteiger partial charge in [-0.2, -0.15) is 27.1 Å².